The summed E-state index contributed by atoms with van der Waals surface area (Å²) in [5, 5.41) is 8.39. The van der Waals surface area contributed by atoms with Gasteiger partial charge in [-0.3, -0.25) is 4.79 Å². The lowest BCUT2D eigenvalue weighted by molar-refractivity contribution is -0.156. The normalized spacial score (nSPS) is 26.7. The second-order valence-electron chi connectivity index (χ2n) is 5.94. The Bertz CT molecular complexity index is 823. The zero-order chi connectivity index (χ0) is 16.1. The Balaban J connectivity index is 1.77. The molecule has 0 unspecified atom stereocenters. The van der Waals surface area contributed by atoms with Crippen molar-refractivity contribution in [3.05, 3.63) is 34.1 Å². The van der Waals surface area contributed by atoms with Gasteiger partial charge >= 0.3 is 0 Å². The number of para-hydroxylation sites is 1. The fourth-order valence-electron chi connectivity index (χ4n) is 3.21. The summed E-state index contributed by atoms with van der Waals surface area (Å²) in [5.41, 5.74) is 3.05. The average molecular weight is 332 g/mol. The number of carbonyl (C=O) groups is 1. The second kappa shape index (κ2) is 5.33. The molecule has 2 aromatic rings. The minimum Gasteiger partial charge on any atom is -0.343 e. The largest absolute Gasteiger partial charge is 0.343 e. The Morgan fingerprint density at radius 2 is 2.00 bits per heavy atom. The number of aryl methyl sites for hydroxylation is 2. The molecule has 2 fully saturated rings. The Labute approximate surface area is 137 Å². The Morgan fingerprint density at radius 1 is 1.26 bits per heavy atom. The van der Waals surface area contributed by atoms with Crippen molar-refractivity contribution in [1.82, 2.24) is 19.8 Å². The van der Waals surface area contributed by atoms with Crippen LogP contribution < -0.4 is 0 Å². The van der Waals surface area contributed by atoms with Crippen LogP contribution in [0.3, 0.4) is 0 Å². The van der Waals surface area contributed by atoms with Crippen LogP contribution in [0.2, 0.25) is 0 Å². The maximum atomic E-state index is 12.0. The summed E-state index contributed by atoms with van der Waals surface area (Å²) >= 11 is 5.55. The topological polar surface area (TPSA) is 71.2 Å². The first-order valence-corrected chi connectivity index (χ1v) is 7.88. The van der Waals surface area contributed by atoms with Gasteiger partial charge in [-0.1, -0.05) is 18.2 Å². The smallest absolute Gasteiger partial charge is 0.221 e. The number of hydrogen-bond donors (Lipinski definition) is 0. The zero-order valence-electron chi connectivity index (χ0n) is 12.8. The minimum absolute atomic E-state index is 0.0766. The molecule has 0 saturated carbocycles. The predicted octanol–water partition coefficient (Wildman–Crippen LogP) is 1.67. The van der Waals surface area contributed by atoms with E-state index in [9.17, 15) is 4.79 Å². The van der Waals surface area contributed by atoms with Crippen molar-refractivity contribution >= 4 is 18.0 Å². The first kappa shape index (κ1) is 14.7. The Morgan fingerprint density at radius 3 is 2.74 bits per heavy atom. The van der Waals surface area contributed by atoms with Gasteiger partial charge in [0, 0.05) is 6.42 Å². The summed E-state index contributed by atoms with van der Waals surface area (Å²) in [5.74, 6) is -0.0766. The first-order valence-electron chi connectivity index (χ1n) is 7.47. The number of fused-ring (bicyclic) bond motifs is 2. The number of aromatic nitrogens is 4. The molecule has 3 heterocycles. The first-order chi connectivity index (χ1) is 11.1. The minimum atomic E-state index is -0.723. The van der Waals surface area contributed by atoms with E-state index < -0.39 is 6.29 Å². The van der Waals surface area contributed by atoms with Crippen LogP contribution in [-0.4, -0.2) is 44.6 Å². The number of hydrogen-bond acceptors (Lipinski definition) is 6. The lowest BCUT2D eigenvalue weighted by atomic mass is 10.0. The highest BCUT2D eigenvalue weighted by Crippen LogP contribution is 2.32. The highest BCUT2D eigenvalue weighted by Gasteiger charge is 2.45. The number of carbonyl (C=O) groups excluding carboxylic acids is 1. The number of ether oxygens (including phenoxy) is 2. The van der Waals surface area contributed by atoms with E-state index >= 15 is 0 Å². The third kappa shape index (κ3) is 2.25. The van der Waals surface area contributed by atoms with Gasteiger partial charge in [-0.05, 0) is 47.6 Å². The van der Waals surface area contributed by atoms with Crippen molar-refractivity contribution < 1.29 is 14.3 Å². The van der Waals surface area contributed by atoms with Gasteiger partial charge in [0.25, 0.3) is 0 Å². The molecule has 120 valence electrons. The van der Waals surface area contributed by atoms with Crippen LogP contribution in [-0.2, 0) is 14.3 Å². The fourth-order valence-corrected chi connectivity index (χ4v) is 3.51. The fraction of sp³-hybridized carbons (Fsp3) is 0.467. The third-order valence-electron chi connectivity index (χ3n) is 4.38. The molecule has 7 nitrogen and oxygen atoms in total. The second-order valence-corrected chi connectivity index (χ2v) is 6.30. The SMILES string of the molecule is Cc1cccc(C)c1-n1nnn([C@H]2CC(=O)[C@H]3OC[C@@H]2O3)c1=S. The summed E-state index contributed by atoms with van der Waals surface area (Å²) in [6.07, 6.45) is -0.638. The van der Waals surface area contributed by atoms with Gasteiger partial charge in [-0.2, -0.15) is 4.68 Å². The molecule has 4 rings (SSSR count). The van der Waals surface area contributed by atoms with Gasteiger partial charge in [0.2, 0.25) is 11.1 Å². The molecule has 2 saturated heterocycles. The highest BCUT2D eigenvalue weighted by molar-refractivity contribution is 7.71. The van der Waals surface area contributed by atoms with Crippen LogP contribution in [0.5, 0.6) is 0 Å². The third-order valence-corrected chi connectivity index (χ3v) is 4.74. The molecule has 0 amide bonds. The average Bonchev–Trinajstić information content (AvgIpc) is 3.10. The maximum absolute atomic E-state index is 12.0. The molecule has 2 aliphatic rings. The maximum Gasteiger partial charge on any atom is 0.221 e. The molecule has 0 aliphatic carbocycles. The molecule has 1 aromatic heterocycles. The summed E-state index contributed by atoms with van der Waals surface area (Å²) in [4.78, 5) is 12.0. The van der Waals surface area contributed by atoms with Crippen molar-refractivity contribution in [2.45, 2.75) is 38.7 Å². The highest BCUT2D eigenvalue weighted by atomic mass is 32.1. The van der Waals surface area contributed by atoms with Crippen molar-refractivity contribution in [1.29, 1.82) is 0 Å². The number of nitrogens with zero attached hydrogens (tertiary/aromatic N) is 4. The van der Waals surface area contributed by atoms with Crippen LogP contribution in [0.25, 0.3) is 5.69 Å². The molecule has 23 heavy (non-hydrogen) atoms. The molecule has 8 heteroatoms. The van der Waals surface area contributed by atoms with Crippen LogP contribution in [0.1, 0.15) is 23.6 Å². The molecular formula is C15H16N4O3S. The number of Topliss-reactive ketones (excluding diaryl/α,β-unsaturated/α-hetero) is 1. The van der Waals surface area contributed by atoms with E-state index in [1.54, 1.807) is 9.36 Å². The van der Waals surface area contributed by atoms with Crippen molar-refractivity contribution in [2.24, 2.45) is 0 Å². The quantitative estimate of drug-likeness (QED) is 0.779. The number of tetrazole rings is 1. The molecule has 0 radical (unpaired) electrons. The van der Waals surface area contributed by atoms with E-state index in [2.05, 4.69) is 10.4 Å². The zero-order valence-corrected chi connectivity index (χ0v) is 13.6. The van der Waals surface area contributed by atoms with E-state index in [1.165, 1.54) is 0 Å². The molecule has 0 N–H and O–H groups in total. The molecule has 0 spiro atoms. The van der Waals surface area contributed by atoms with Crippen LogP contribution >= 0.6 is 12.2 Å². The number of benzene rings is 1. The van der Waals surface area contributed by atoms with Gasteiger partial charge in [0.1, 0.15) is 6.10 Å². The molecule has 2 bridgehead atoms. The molecular weight excluding hydrogens is 316 g/mol. The van der Waals surface area contributed by atoms with Crippen LogP contribution in [0.15, 0.2) is 18.2 Å². The van der Waals surface area contributed by atoms with Gasteiger partial charge in [-0.25, -0.2) is 4.68 Å². The summed E-state index contributed by atoms with van der Waals surface area (Å²) in [6, 6.07) is 5.73. The standard InChI is InChI=1S/C15H16N4O3S/c1-8-4-3-5-9(2)13(8)19-15(23)18(16-17-19)10-6-11(20)14-21-7-12(10)22-14/h3-5,10,12,14H,6-7H2,1-2H3/t10-,12-,14-/m0/s1. The summed E-state index contributed by atoms with van der Waals surface area (Å²) in [6.45, 7) is 4.39. The Hall–Kier alpha value is -1.90. The van der Waals surface area contributed by atoms with Gasteiger partial charge in [0.05, 0.1) is 18.3 Å². The summed E-state index contributed by atoms with van der Waals surface area (Å²) in [7, 11) is 0. The van der Waals surface area contributed by atoms with Crippen LogP contribution in [0.4, 0.5) is 0 Å². The Kier molecular flexibility index (Phi) is 3.40. The van der Waals surface area contributed by atoms with Gasteiger partial charge in [0.15, 0.2) is 5.78 Å². The van der Waals surface area contributed by atoms with Gasteiger partial charge in [-0.15, -0.1) is 0 Å². The monoisotopic (exact) mass is 332 g/mol. The molecule has 1 aromatic carbocycles. The van der Waals surface area contributed by atoms with E-state index in [1.807, 2.05) is 32.0 Å². The van der Waals surface area contributed by atoms with Gasteiger partial charge < -0.3 is 9.47 Å². The van der Waals surface area contributed by atoms with E-state index in [-0.39, 0.29) is 17.9 Å². The van der Waals surface area contributed by atoms with E-state index in [0.29, 0.717) is 17.8 Å². The molecule has 2 aliphatic heterocycles. The molecule has 3 atom stereocenters. The van der Waals surface area contributed by atoms with Crippen molar-refractivity contribution in [3.63, 3.8) is 0 Å². The van der Waals surface area contributed by atoms with E-state index in [0.717, 1.165) is 16.8 Å². The van der Waals surface area contributed by atoms with E-state index in [4.69, 9.17) is 21.7 Å². The lowest BCUT2D eigenvalue weighted by Gasteiger charge is -2.25. The number of rotatable bonds is 2. The van der Waals surface area contributed by atoms with Crippen molar-refractivity contribution in [2.75, 3.05) is 6.61 Å². The predicted molar refractivity (Wildman–Crippen MR) is 82.9 cm³/mol. The summed E-state index contributed by atoms with van der Waals surface area (Å²) < 4.78 is 14.6. The lowest BCUT2D eigenvalue weighted by Crippen LogP contribution is -2.37. The van der Waals surface area contributed by atoms with Crippen molar-refractivity contribution in [3.8, 4) is 5.69 Å². The number of ketones is 1. The van der Waals surface area contributed by atoms with Crippen LogP contribution in [0, 0.1) is 18.6 Å².